The Morgan fingerprint density at radius 2 is 0.895 bits per heavy atom. The lowest BCUT2D eigenvalue weighted by molar-refractivity contribution is -0.140. The van der Waals surface area contributed by atoms with Crippen LogP contribution < -0.4 is 21.9 Å². The molecule has 0 saturated heterocycles. The molecule has 0 fully saturated rings. The molecule has 0 aliphatic heterocycles. The maximum atomic E-state index is 11.9. The number of hydrogen-bond acceptors (Lipinski definition) is 6. The highest BCUT2D eigenvalue weighted by Gasteiger charge is 2.14. The monoisotopic (exact) mass is 542 g/mol. The molecule has 0 aliphatic rings. The van der Waals surface area contributed by atoms with Crippen LogP contribution >= 0.6 is 0 Å². The molecular formula is C28H54N4O6. The van der Waals surface area contributed by atoms with Gasteiger partial charge in [0.05, 0.1) is 0 Å². The van der Waals surface area contributed by atoms with Crippen molar-refractivity contribution in [3.05, 3.63) is 0 Å². The number of rotatable bonds is 28. The van der Waals surface area contributed by atoms with Gasteiger partial charge in [-0.1, -0.05) is 70.6 Å². The number of carboxylic acid groups (broad SMARTS) is 2. The molecule has 0 heterocycles. The summed E-state index contributed by atoms with van der Waals surface area (Å²) in [5.74, 6) is 3.63. The van der Waals surface area contributed by atoms with Crippen LogP contribution in [0.4, 0.5) is 0 Å². The van der Waals surface area contributed by atoms with Crippen molar-refractivity contribution in [1.29, 1.82) is 0 Å². The molecular weight excluding hydrogens is 488 g/mol. The number of carboxylic acids is 2. The smallest absolute Gasteiger partial charge is 0.322 e. The van der Waals surface area contributed by atoms with Crippen molar-refractivity contribution in [2.24, 2.45) is 5.84 Å². The first-order valence-electron chi connectivity index (χ1n) is 14.8. The lowest BCUT2D eigenvalue weighted by Crippen LogP contribution is -2.41. The summed E-state index contributed by atoms with van der Waals surface area (Å²) >= 11 is 0. The minimum absolute atomic E-state index is 0.00531. The van der Waals surface area contributed by atoms with E-state index in [1.807, 2.05) is 0 Å². The van der Waals surface area contributed by atoms with Crippen LogP contribution in [0.25, 0.3) is 0 Å². The van der Waals surface area contributed by atoms with E-state index in [1.165, 1.54) is 44.9 Å². The Bertz CT molecular complexity index is 632. The minimum Gasteiger partial charge on any atom is -0.481 e. The average Bonchev–Trinajstić information content (AvgIpc) is 2.87. The molecule has 0 spiro atoms. The number of unbranched alkanes of at least 4 members (excludes halogenated alkanes) is 14. The third kappa shape index (κ3) is 25.4. The molecule has 2 amide bonds. The molecule has 222 valence electrons. The lowest BCUT2D eigenvalue weighted by atomic mass is 10.0. The summed E-state index contributed by atoms with van der Waals surface area (Å²) in [4.78, 5) is 45.1. The van der Waals surface area contributed by atoms with Gasteiger partial charge in [0, 0.05) is 32.4 Å². The molecule has 38 heavy (non-hydrogen) atoms. The Kier molecular flexibility index (Phi) is 24.9. The fourth-order valence-electron chi connectivity index (χ4n) is 4.30. The topological polar surface area (TPSA) is 171 Å². The van der Waals surface area contributed by atoms with Crippen LogP contribution in [0.15, 0.2) is 0 Å². The third-order valence-electron chi connectivity index (χ3n) is 6.69. The van der Waals surface area contributed by atoms with Crippen LogP contribution in [0.5, 0.6) is 0 Å². The van der Waals surface area contributed by atoms with Crippen molar-refractivity contribution in [3.8, 4) is 0 Å². The number of aliphatic carboxylic acids is 2. The highest BCUT2D eigenvalue weighted by atomic mass is 16.4. The Balaban J connectivity index is 3.35. The van der Waals surface area contributed by atoms with Gasteiger partial charge in [-0.2, -0.15) is 0 Å². The summed E-state index contributed by atoms with van der Waals surface area (Å²) in [5.41, 5.74) is 2.26. The van der Waals surface area contributed by atoms with E-state index in [9.17, 15) is 19.2 Å². The normalized spacial score (nSPS) is 11.7. The summed E-state index contributed by atoms with van der Waals surface area (Å²) < 4.78 is 0. The van der Waals surface area contributed by atoms with Gasteiger partial charge >= 0.3 is 11.9 Å². The summed E-state index contributed by atoms with van der Waals surface area (Å²) in [6.45, 7) is 1.19. The average molecular weight is 543 g/mol. The molecule has 10 heteroatoms. The zero-order valence-electron chi connectivity index (χ0n) is 23.4. The van der Waals surface area contributed by atoms with Gasteiger partial charge < -0.3 is 20.8 Å². The molecule has 0 aromatic carbocycles. The number of amides is 2. The second-order valence-electron chi connectivity index (χ2n) is 10.2. The van der Waals surface area contributed by atoms with Crippen molar-refractivity contribution >= 4 is 23.8 Å². The van der Waals surface area contributed by atoms with Gasteiger partial charge in [0.2, 0.25) is 11.8 Å². The van der Waals surface area contributed by atoms with Crippen molar-refractivity contribution in [3.63, 3.8) is 0 Å². The summed E-state index contributed by atoms with van der Waals surface area (Å²) in [5, 5.41) is 23.3. The highest BCUT2D eigenvalue weighted by molar-refractivity contribution is 5.76. The van der Waals surface area contributed by atoms with Gasteiger partial charge in [0.15, 0.2) is 0 Å². The standard InChI is InChI=1S/C28H54N4O6/c29-32-24(28(37)38)18-15-17-23-31-26(34)20-13-11-16-22-30-25(33)19-12-9-7-5-3-1-2-4-6-8-10-14-21-27(35)36/h24,32H,1-23,29H2,(H,30,33)(H,31,34)(H,35,36)(H,37,38)/t24-/m0/s1. The van der Waals surface area contributed by atoms with Gasteiger partial charge in [-0.25, -0.2) is 5.43 Å². The Labute approximate surface area is 229 Å². The van der Waals surface area contributed by atoms with E-state index < -0.39 is 18.0 Å². The SMILES string of the molecule is NN[C@@H](CCCCNC(=O)CCCCCNC(=O)CCCCCCCCCCCCCCC(=O)O)C(=O)O. The van der Waals surface area contributed by atoms with E-state index in [-0.39, 0.29) is 11.8 Å². The highest BCUT2D eigenvalue weighted by Crippen LogP contribution is 2.13. The molecule has 0 radical (unpaired) electrons. The molecule has 0 aliphatic carbocycles. The van der Waals surface area contributed by atoms with E-state index in [0.29, 0.717) is 51.6 Å². The fourth-order valence-corrected chi connectivity index (χ4v) is 4.30. The van der Waals surface area contributed by atoms with Crippen LogP contribution in [0.3, 0.4) is 0 Å². The molecule has 7 N–H and O–H groups in total. The largest absolute Gasteiger partial charge is 0.481 e. The van der Waals surface area contributed by atoms with E-state index in [2.05, 4.69) is 16.1 Å². The fraction of sp³-hybridized carbons (Fsp3) is 0.857. The molecule has 0 bridgehead atoms. The molecule has 0 aromatic heterocycles. The first kappa shape index (κ1) is 35.8. The van der Waals surface area contributed by atoms with Crippen molar-refractivity contribution < 1.29 is 29.4 Å². The second-order valence-corrected chi connectivity index (χ2v) is 10.2. The molecule has 0 aromatic rings. The zero-order chi connectivity index (χ0) is 28.3. The van der Waals surface area contributed by atoms with E-state index in [1.54, 1.807) is 0 Å². The van der Waals surface area contributed by atoms with Gasteiger partial charge in [-0.05, 0) is 44.9 Å². The Hall–Kier alpha value is -2.20. The molecule has 0 saturated carbocycles. The summed E-state index contributed by atoms with van der Waals surface area (Å²) in [6, 6.07) is -0.751. The number of hydrogen-bond donors (Lipinski definition) is 6. The third-order valence-corrected chi connectivity index (χ3v) is 6.69. The van der Waals surface area contributed by atoms with Crippen LogP contribution in [0.2, 0.25) is 0 Å². The quantitative estimate of drug-likeness (QED) is 0.0479. The van der Waals surface area contributed by atoms with Crippen molar-refractivity contribution in [2.75, 3.05) is 13.1 Å². The lowest BCUT2D eigenvalue weighted by Gasteiger charge is -2.10. The number of hydrazine groups is 1. The van der Waals surface area contributed by atoms with Crippen LogP contribution in [-0.2, 0) is 19.2 Å². The molecule has 0 unspecified atom stereocenters. The number of carbonyl (C=O) groups excluding carboxylic acids is 2. The van der Waals surface area contributed by atoms with E-state index in [0.717, 1.165) is 51.4 Å². The first-order chi connectivity index (χ1) is 18.4. The van der Waals surface area contributed by atoms with Gasteiger partial charge in [0.25, 0.3) is 0 Å². The van der Waals surface area contributed by atoms with Crippen molar-refractivity contribution in [2.45, 2.75) is 141 Å². The number of carbonyl (C=O) groups is 4. The van der Waals surface area contributed by atoms with E-state index in [4.69, 9.17) is 16.1 Å². The summed E-state index contributed by atoms with van der Waals surface area (Å²) in [6.07, 6.45) is 19.3. The predicted molar refractivity (Wildman–Crippen MR) is 149 cm³/mol. The zero-order valence-corrected chi connectivity index (χ0v) is 23.4. The Morgan fingerprint density at radius 1 is 0.526 bits per heavy atom. The van der Waals surface area contributed by atoms with Gasteiger partial charge in [-0.3, -0.25) is 25.0 Å². The maximum absolute atomic E-state index is 11.9. The minimum atomic E-state index is -0.971. The summed E-state index contributed by atoms with van der Waals surface area (Å²) in [7, 11) is 0. The van der Waals surface area contributed by atoms with E-state index >= 15 is 0 Å². The van der Waals surface area contributed by atoms with Gasteiger partial charge in [0.1, 0.15) is 6.04 Å². The van der Waals surface area contributed by atoms with Crippen molar-refractivity contribution in [1.82, 2.24) is 16.1 Å². The maximum Gasteiger partial charge on any atom is 0.322 e. The van der Waals surface area contributed by atoms with Gasteiger partial charge in [-0.15, -0.1) is 0 Å². The van der Waals surface area contributed by atoms with Crippen LogP contribution in [-0.4, -0.2) is 53.1 Å². The second kappa shape index (κ2) is 26.4. The number of nitrogens with one attached hydrogen (secondary N) is 3. The molecule has 1 atom stereocenters. The van der Waals surface area contributed by atoms with Crippen LogP contribution in [0, 0.1) is 0 Å². The molecule has 10 nitrogen and oxygen atoms in total. The number of nitrogens with two attached hydrogens (primary N) is 1. The van der Waals surface area contributed by atoms with Crippen LogP contribution in [0.1, 0.15) is 135 Å². The predicted octanol–water partition coefficient (Wildman–Crippen LogP) is 4.41. The molecule has 0 rings (SSSR count). The Morgan fingerprint density at radius 3 is 1.29 bits per heavy atom. The first-order valence-corrected chi connectivity index (χ1v) is 14.8.